The van der Waals surface area contributed by atoms with Crippen molar-refractivity contribution in [3.63, 3.8) is 0 Å². The molecule has 1 aliphatic heterocycles. The lowest BCUT2D eigenvalue weighted by Crippen LogP contribution is -2.61. The summed E-state index contributed by atoms with van der Waals surface area (Å²) in [6.45, 7) is 3.33. The normalized spacial score (nSPS) is 21.5. The van der Waals surface area contributed by atoms with E-state index in [4.69, 9.17) is 14.5 Å². The number of benzene rings is 2. The van der Waals surface area contributed by atoms with Crippen LogP contribution in [0.25, 0.3) is 22.2 Å². The van der Waals surface area contributed by atoms with Gasteiger partial charge < -0.3 is 24.8 Å². The Morgan fingerprint density at radius 1 is 1.11 bits per heavy atom. The smallest absolute Gasteiger partial charge is 0.258 e. The van der Waals surface area contributed by atoms with Crippen molar-refractivity contribution < 1.29 is 37.4 Å². The van der Waals surface area contributed by atoms with Crippen molar-refractivity contribution in [3.05, 3.63) is 54.6 Å². The van der Waals surface area contributed by atoms with Crippen molar-refractivity contribution in [2.24, 2.45) is 0 Å². The first-order valence-corrected chi connectivity index (χ1v) is 17.5. The van der Waals surface area contributed by atoms with E-state index >= 15 is 0 Å². The molecule has 2 aromatic carbocycles. The van der Waals surface area contributed by atoms with Crippen LogP contribution in [0.3, 0.4) is 0 Å². The maximum atomic E-state index is 13.9. The molecule has 3 atom stereocenters. The Balaban J connectivity index is 1.29. The number of ether oxygens (including phenoxy) is 2. The monoisotopic (exact) mass is 664 g/mol. The summed E-state index contributed by atoms with van der Waals surface area (Å²) in [5.41, 5.74) is -0.929. The van der Waals surface area contributed by atoms with Gasteiger partial charge in [0, 0.05) is 29.5 Å². The number of nitrogens with one attached hydrogen (secondary N) is 2. The fraction of sp³-hybridized carbons (Fsp3) is 0.471. The molecule has 3 aromatic rings. The minimum atomic E-state index is -3.85. The lowest BCUT2D eigenvalue weighted by atomic mass is 9.94. The highest BCUT2D eigenvalue weighted by atomic mass is 32.2. The number of sulfonamides is 1. The maximum Gasteiger partial charge on any atom is 0.258 e. The molecule has 3 aliphatic rings. The van der Waals surface area contributed by atoms with E-state index in [0.29, 0.717) is 47.4 Å². The summed E-state index contributed by atoms with van der Waals surface area (Å²) < 4.78 is 39.2. The van der Waals surface area contributed by atoms with Crippen LogP contribution < -0.4 is 19.5 Å². The largest absolute Gasteiger partial charge is 0.497 e. The van der Waals surface area contributed by atoms with Gasteiger partial charge in [-0.3, -0.25) is 19.1 Å². The molecule has 0 spiro atoms. The van der Waals surface area contributed by atoms with E-state index in [-0.39, 0.29) is 32.2 Å². The summed E-state index contributed by atoms with van der Waals surface area (Å²) in [7, 11) is -2.28. The van der Waals surface area contributed by atoms with Crippen molar-refractivity contribution in [3.8, 4) is 22.8 Å². The molecule has 0 bridgehead atoms. The van der Waals surface area contributed by atoms with E-state index in [2.05, 4.69) is 10.0 Å². The number of hydrogen-bond donors (Lipinski definition) is 3. The third-order valence-electron chi connectivity index (χ3n) is 9.14. The Hall–Kier alpha value is -4.23. The van der Waals surface area contributed by atoms with Crippen LogP contribution in [0.2, 0.25) is 0 Å². The lowest BCUT2D eigenvalue weighted by molar-refractivity contribution is -0.148. The molecule has 2 heterocycles. The van der Waals surface area contributed by atoms with Crippen LogP contribution in [0.1, 0.15) is 58.8 Å². The molecule has 0 radical (unpaired) electrons. The number of pyridine rings is 1. The Bertz CT molecular complexity index is 1810. The Labute approximate surface area is 273 Å². The summed E-state index contributed by atoms with van der Waals surface area (Å²) in [6, 6.07) is 15.8. The quantitative estimate of drug-likeness (QED) is 0.264. The van der Waals surface area contributed by atoms with Gasteiger partial charge >= 0.3 is 0 Å². The second-order valence-electron chi connectivity index (χ2n) is 13.0. The van der Waals surface area contributed by atoms with Crippen LogP contribution in [-0.2, 0) is 24.4 Å². The predicted molar refractivity (Wildman–Crippen MR) is 174 cm³/mol. The fourth-order valence-electron chi connectivity index (χ4n) is 6.08. The molecule has 3 fully saturated rings. The van der Waals surface area contributed by atoms with Crippen LogP contribution in [0.5, 0.6) is 11.5 Å². The van der Waals surface area contributed by atoms with Gasteiger partial charge in [-0.15, -0.1) is 0 Å². The highest BCUT2D eigenvalue weighted by Crippen LogP contribution is 2.40. The zero-order valence-electron chi connectivity index (χ0n) is 26.7. The number of amides is 3. The molecule has 13 heteroatoms. The van der Waals surface area contributed by atoms with Crippen molar-refractivity contribution in [1.82, 2.24) is 19.9 Å². The molecule has 3 amide bonds. The minimum absolute atomic E-state index is 0.0205. The second kappa shape index (κ2) is 12.4. The van der Waals surface area contributed by atoms with Gasteiger partial charge in [0.25, 0.3) is 11.8 Å². The van der Waals surface area contributed by atoms with Crippen LogP contribution in [-0.4, -0.2) is 83.3 Å². The summed E-state index contributed by atoms with van der Waals surface area (Å²) in [4.78, 5) is 46.9. The molecular formula is C34H40N4O8S. The predicted octanol–water partition coefficient (Wildman–Crippen LogP) is 3.07. The van der Waals surface area contributed by atoms with E-state index < -0.39 is 56.3 Å². The minimum Gasteiger partial charge on any atom is -0.497 e. The van der Waals surface area contributed by atoms with Crippen LogP contribution in [0.15, 0.2) is 54.6 Å². The van der Waals surface area contributed by atoms with E-state index in [1.54, 1.807) is 19.2 Å². The Kier molecular flexibility index (Phi) is 8.64. The van der Waals surface area contributed by atoms with Gasteiger partial charge in [-0.2, -0.15) is 0 Å². The van der Waals surface area contributed by atoms with Crippen molar-refractivity contribution in [2.75, 3.05) is 13.7 Å². The topological polar surface area (TPSA) is 164 Å². The van der Waals surface area contributed by atoms with Crippen molar-refractivity contribution in [1.29, 1.82) is 0 Å². The fourth-order valence-corrected chi connectivity index (χ4v) is 7.49. The number of methoxy groups -OCH3 is 1. The number of likely N-dealkylation sites (tertiary alicyclic amines) is 1. The van der Waals surface area contributed by atoms with Gasteiger partial charge in [0.2, 0.25) is 15.9 Å². The average molecular weight is 665 g/mol. The van der Waals surface area contributed by atoms with Gasteiger partial charge in [0.15, 0.2) is 0 Å². The SMILES string of the molecule is CCC[C@](C)(NC(=O)[C@@H]1C[C@@H](Oc2cc(-c3ccccc3)nc3cc(OC)ccc23)CN1C(=O)C1(O)CC1)C(=O)NS(=O)(=O)C1CC1. The van der Waals surface area contributed by atoms with Gasteiger partial charge in [0.05, 0.1) is 30.1 Å². The molecular weight excluding hydrogens is 624 g/mol. The van der Waals surface area contributed by atoms with E-state index in [9.17, 15) is 27.9 Å². The molecule has 6 rings (SSSR count). The average Bonchev–Trinajstić information content (AvgIpc) is 3.99. The number of aromatic nitrogens is 1. The van der Waals surface area contributed by atoms with E-state index in [1.165, 1.54) is 11.8 Å². The molecule has 250 valence electrons. The second-order valence-corrected chi connectivity index (χ2v) is 14.9. The van der Waals surface area contributed by atoms with Gasteiger partial charge in [-0.25, -0.2) is 13.4 Å². The first-order valence-electron chi connectivity index (χ1n) is 16.0. The summed E-state index contributed by atoms with van der Waals surface area (Å²) >= 11 is 0. The summed E-state index contributed by atoms with van der Waals surface area (Å²) in [6.07, 6.45) is 1.63. The number of rotatable bonds is 12. The highest BCUT2D eigenvalue weighted by Gasteiger charge is 2.55. The van der Waals surface area contributed by atoms with E-state index in [0.717, 1.165) is 5.56 Å². The summed E-state index contributed by atoms with van der Waals surface area (Å²) in [5, 5.41) is 13.6. The van der Waals surface area contributed by atoms with Gasteiger partial charge in [-0.1, -0.05) is 43.7 Å². The first-order chi connectivity index (χ1) is 22.4. The third kappa shape index (κ3) is 6.77. The molecule has 0 unspecified atom stereocenters. The number of fused-ring (bicyclic) bond motifs is 1. The molecule has 12 nitrogen and oxygen atoms in total. The molecule has 1 aromatic heterocycles. The zero-order valence-corrected chi connectivity index (χ0v) is 27.5. The number of nitrogens with zero attached hydrogens (tertiary/aromatic N) is 2. The van der Waals surface area contributed by atoms with Crippen molar-refractivity contribution in [2.45, 2.75) is 87.3 Å². The zero-order chi connectivity index (χ0) is 33.6. The highest BCUT2D eigenvalue weighted by molar-refractivity contribution is 7.90. The Morgan fingerprint density at radius 2 is 1.83 bits per heavy atom. The van der Waals surface area contributed by atoms with Crippen molar-refractivity contribution >= 4 is 38.6 Å². The molecule has 2 aliphatic carbocycles. The first kappa shape index (κ1) is 32.7. The molecule has 3 N–H and O–H groups in total. The van der Waals surface area contributed by atoms with Gasteiger partial charge in [-0.05, 0) is 51.2 Å². The standard InChI is InChI=1S/C34H40N4O8S/c1-4-14-33(2,31(40)37-47(43,44)24-11-12-24)36-30(39)28-18-23(20-38(28)32(41)34(42)15-16-34)46-29-19-26(21-8-6-5-7-9-21)35-27-17-22(45-3)10-13-25(27)29/h5-10,13,17,19,23-24,28,42H,4,11-12,14-16,18,20H2,1-3H3,(H,36,39)(H,37,40)/t23-,28+,33+/m1/s1. The molecule has 2 saturated carbocycles. The number of hydrogen-bond acceptors (Lipinski definition) is 9. The number of carbonyl (C=O) groups excluding carboxylic acids is 3. The number of aliphatic hydroxyl groups is 1. The van der Waals surface area contributed by atoms with E-state index in [1.807, 2.05) is 49.4 Å². The lowest BCUT2D eigenvalue weighted by Gasteiger charge is -2.32. The summed E-state index contributed by atoms with van der Waals surface area (Å²) in [5.74, 6) is -0.900. The third-order valence-corrected chi connectivity index (χ3v) is 11.0. The van der Waals surface area contributed by atoms with Crippen LogP contribution in [0.4, 0.5) is 0 Å². The maximum absolute atomic E-state index is 13.9. The Morgan fingerprint density at radius 3 is 2.47 bits per heavy atom. The van der Waals surface area contributed by atoms with Crippen LogP contribution >= 0.6 is 0 Å². The van der Waals surface area contributed by atoms with Gasteiger partial charge in [0.1, 0.15) is 34.8 Å². The number of carbonyl (C=O) groups is 3. The molecule has 47 heavy (non-hydrogen) atoms. The molecule has 1 saturated heterocycles. The van der Waals surface area contributed by atoms with Crippen LogP contribution in [0, 0.1) is 0 Å².